The van der Waals surface area contributed by atoms with Gasteiger partial charge in [0.25, 0.3) is 0 Å². The first-order chi connectivity index (χ1) is 16.2. The first-order valence-corrected chi connectivity index (χ1v) is 10.8. The number of halogens is 1. The number of rotatable bonds is 4. The predicted octanol–water partition coefficient (Wildman–Crippen LogP) is 5.52. The monoisotopic (exact) mass is 433 g/mol. The topological polar surface area (TPSA) is 66.0 Å². The van der Waals surface area contributed by atoms with Crippen LogP contribution in [0.5, 0.6) is 0 Å². The van der Waals surface area contributed by atoms with E-state index in [0.717, 1.165) is 50.5 Å². The molecule has 0 amide bonds. The van der Waals surface area contributed by atoms with E-state index in [-0.39, 0.29) is 11.9 Å². The summed E-state index contributed by atoms with van der Waals surface area (Å²) in [6.07, 6.45) is 3.66. The Morgan fingerprint density at radius 2 is 1.64 bits per heavy atom. The van der Waals surface area contributed by atoms with E-state index >= 15 is 0 Å². The lowest BCUT2D eigenvalue weighted by Crippen LogP contribution is -2.24. The lowest BCUT2D eigenvalue weighted by molar-refractivity contribution is 0.628. The van der Waals surface area contributed by atoms with Crippen molar-refractivity contribution in [1.82, 2.24) is 20.3 Å². The number of benzene rings is 3. The van der Waals surface area contributed by atoms with Crippen molar-refractivity contribution in [1.29, 1.82) is 0 Å². The molecule has 1 aliphatic heterocycles. The first kappa shape index (κ1) is 19.4. The second-order valence-electron chi connectivity index (χ2n) is 8.08. The van der Waals surface area contributed by atoms with E-state index in [9.17, 15) is 4.39 Å². The molecule has 0 saturated heterocycles. The van der Waals surface area contributed by atoms with Crippen LogP contribution in [0.3, 0.4) is 0 Å². The summed E-state index contributed by atoms with van der Waals surface area (Å²) in [5.74, 6) is 1.33. The maximum Gasteiger partial charge on any atom is 0.147 e. The Morgan fingerprint density at radius 3 is 2.52 bits per heavy atom. The van der Waals surface area contributed by atoms with Crippen molar-refractivity contribution < 1.29 is 4.39 Å². The third-order valence-electron chi connectivity index (χ3n) is 5.91. The Labute approximate surface area is 190 Å². The summed E-state index contributed by atoms with van der Waals surface area (Å²) in [6.45, 7) is 0.645. The SMILES string of the molecule is Fc1ccc(-c2cnc(-c3cccc(C4CN=C(c5cc6ccccc6cn5)N4)c3)[nH]2)cc1. The Hall–Kier alpha value is -4.32. The molecule has 33 heavy (non-hydrogen) atoms. The van der Waals surface area contributed by atoms with Crippen LogP contribution in [0.15, 0.2) is 96.2 Å². The number of aromatic amines is 1. The lowest BCUT2D eigenvalue weighted by Gasteiger charge is -2.13. The van der Waals surface area contributed by atoms with Gasteiger partial charge in [-0.25, -0.2) is 9.37 Å². The summed E-state index contributed by atoms with van der Waals surface area (Å²) < 4.78 is 13.2. The van der Waals surface area contributed by atoms with Crippen LogP contribution in [0.1, 0.15) is 17.3 Å². The van der Waals surface area contributed by atoms with E-state index in [1.165, 1.54) is 12.1 Å². The lowest BCUT2D eigenvalue weighted by atomic mass is 10.0. The van der Waals surface area contributed by atoms with E-state index in [2.05, 4.69) is 50.6 Å². The van der Waals surface area contributed by atoms with E-state index in [4.69, 9.17) is 4.99 Å². The number of nitrogens with one attached hydrogen (secondary N) is 2. The number of aliphatic imine (C=N–C) groups is 1. The zero-order chi connectivity index (χ0) is 22.2. The van der Waals surface area contributed by atoms with Gasteiger partial charge in [0.2, 0.25) is 0 Å². The molecule has 0 bridgehead atoms. The average Bonchev–Trinajstić information content (AvgIpc) is 3.55. The zero-order valence-electron chi connectivity index (χ0n) is 17.7. The number of aromatic nitrogens is 3. The first-order valence-electron chi connectivity index (χ1n) is 10.8. The van der Waals surface area contributed by atoms with Gasteiger partial charge < -0.3 is 10.3 Å². The number of H-pyrrole nitrogens is 1. The molecule has 0 fully saturated rings. The minimum Gasteiger partial charge on any atom is -0.360 e. The smallest absolute Gasteiger partial charge is 0.147 e. The summed E-state index contributed by atoms with van der Waals surface area (Å²) in [4.78, 5) is 17.2. The molecule has 1 atom stereocenters. The minimum absolute atomic E-state index is 0.0692. The van der Waals surface area contributed by atoms with Crippen LogP contribution in [-0.2, 0) is 0 Å². The highest BCUT2D eigenvalue weighted by Gasteiger charge is 2.22. The highest BCUT2D eigenvalue weighted by Crippen LogP contribution is 2.26. The molecule has 0 radical (unpaired) electrons. The van der Waals surface area contributed by atoms with Gasteiger partial charge in [-0.1, -0.05) is 42.5 Å². The fourth-order valence-corrected chi connectivity index (χ4v) is 4.14. The third-order valence-corrected chi connectivity index (χ3v) is 5.91. The normalized spacial score (nSPS) is 15.4. The van der Waals surface area contributed by atoms with E-state index < -0.39 is 0 Å². The van der Waals surface area contributed by atoms with Crippen molar-refractivity contribution >= 4 is 16.6 Å². The van der Waals surface area contributed by atoms with Crippen molar-refractivity contribution in [3.05, 3.63) is 108 Å². The van der Waals surface area contributed by atoms with Crippen LogP contribution < -0.4 is 5.32 Å². The Balaban J connectivity index is 1.22. The van der Waals surface area contributed by atoms with Crippen LogP contribution in [0.2, 0.25) is 0 Å². The number of pyridine rings is 1. The van der Waals surface area contributed by atoms with Gasteiger partial charge in [-0.2, -0.15) is 0 Å². The molecule has 2 aromatic heterocycles. The molecule has 1 aliphatic rings. The van der Waals surface area contributed by atoms with Crippen molar-refractivity contribution in [2.75, 3.05) is 6.54 Å². The van der Waals surface area contributed by atoms with Crippen LogP contribution in [0, 0.1) is 5.82 Å². The van der Waals surface area contributed by atoms with Gasteiger partial charge in [0.15, 0.2) is 0 Å². The standard InChI is InChI=1S/C27H20FN5/c28-22-10-8-17(9-11-22)24-15-30-26(32-24)20-7-3-6-19(12-20)25-16-31-27(33-25)23-13-18-4-1-2-5-21(18)14-29-23/h1-15,25H,16H2,(H,30,32)(H,31,33). The van der Waals surface area contributed by atoms with E-state index in [0.29, 0.717) is 6.54 Å². The van der Waals surface area contributed by atoms with Gasteiger partial charge in [-0.05, 0) is 52.9 Å². The number of fused-ring (bicyclic) bond motifs is 1. The number of hydrogen-bond donors (Lipinski definition) is 2. The van der Waals surface area contributed by atoms with Crippen LogP contribution >= 0.6 is 0 Å². The predicted molar refractivity (Wildman–Crippen MR) is 128 cm³/mol. The molecule has 0 saturated carbocycles. The molecular formula is C27H20FN5. The molecular weight excluding hydrogens is 413 g/mol. The highest BCUT2D eigenvalue weighted by molar-refractivity contribution is 6.01. The molecule has 0 aliphatic carbocycles. The molecule has 6 heteroatoms. The summed E-state index contributed by atoms with van der Waals surface area (Å²) in [7, 11) is 0. The molecule has 3 heterocycles. The Morgan fingerprint density at radius 1 is 0.788 bits per heavy atom. The average molecular weight is 433 g/mol. The Bertz CT molecular complexity index is 1490. The van der Waals surface area contributed by atoms with Gasteiger partial charge in [-0.3, -0.25) is 9.98 Å². The molecule has 5 nitrogen and oxygen atoms in total. The van der Waals surface area contributed by atoms with Crippen molar-refractivity contribution in [3.63, 3.8) is 0 Å². The molecule has 0 spiro atoms. The van der Waals surface area contributed by atoms with Crippen LogP contribution in [0.25, 0.3) is 33.4 Å². The molecule has 2 N–H and O–H groups in total. The van der Waals surface area contributed by atoms with Gasteiger partial charge in [0.1, 0.15) is 23.2 Å². The molecule has 5 aromatic rings. The maximum absolute atomic E-state index is 13.2. The van der Waals surface area contributed by atoms with E-state index in [1.807, 2.05) is 30.5 Å². The number of nitrogens with zero attached hydrogens (tertiary/aromatic N) is 3. The molecule has 3 aromatic carbocycles. The quantitative estimate of drug-likeness (QED) is 0.392. The highest BCUT2D eigenvalue weighted by atomic mass is 19.1. The summed E-state index contributed by atoms with van der Waals surface area (Å²) >= 11 is 0. The van der Waals surface area contributed by atoms with Crippen LogP contribution in [0.4, 0.5) is 4.39 Å². The summed E-state index contributed by atoms with van der Waals surface area (Å²) in [5, 5.41) is 5.78. The number of imidazole rings is 1. The summed E-state index contributed by atoms with van der Waals surface area (Å²) in [5.41, 5.74) is 4.71. The fraction of sp³-hybridized carbons (Fsp3) is 0.0741. The second kappa shape index (κ2) is 7.98. The molecule has 1 unspecified atom stereocenters. The molecule has 6 rings (SSSR count). The minimum atomic E-state index is -0.254. The maximum atomic E-state index is 13.2. The largest absolute Gasteiger partial charge is 0.360 e. The van der Waals surface area contributed by atoms with Crippen molar-refractivity contribution in [2.45, 2.75) is 6.04 Å². The Kier molecular flexibility index (Phi) is 4.69. The summed E-state index contributed by atoms with van der Waals surface area (Å²) in [6, 6.07) is 25.0. The van der Waals surface area contributed by atoms with Crippen molar-refractivity contribution in [2.24, 2.45) is 4.99 Å². The van der Waals surface area contributed by atoms with Gasteiger partial charge >= 0.3 is 0 Å². The van der Waals surface area contributed by atoms with Crippen molar-refractivity contribution in [3.8, 4) is 22.6 Å². The van der Waals surface area contributed by atoms with E-state index in [1.54, 1.807) is 18.3 Å². The fourth-order valence-electron chi connectivity index (χ4n) is 4.14. The number of hydrogen-bond acceptors (Lipinski definition) is 4. The third kappa shape index (κ3) is 3.76. The van der Waals surface area contributed by atoms with Crippen LogP contribution in [-0.4, -0.2) is 27.3 Å². The van der Waals surface area contributed by atoms with Gasteiger partial charge in [0, 0.05) is 17.1 Å². The number of amidine groups is 1. The zero-order valence-corrected chi connectivity index (χ0v) is 17.7. The molecule has 160 valence electrons. The van der Waals surface area contributed by atoms with Gasteiger partial charge in [-0.15, -0.1) is 0 Å². The second-order valence-corrected chi connectivity index (χ2v) is 8.08. The van der Waals surface area contributed by atoms with Gasteiger partial charge in [0.05, 0.1) is 24.5 Å².